The number of aryl methyl sites for hydroxylation is 1. The lowest BCUT2D eigenvalue weighted by Crippen LogP contribution is -2.14. The summed E-state index contributed by atoms with van der Waals surface area (Å²) in [6, 6.07) is 12.0. The number of nitrogens with one attached hydrogen (secondary N) is 2. The third-order valence-electron chi connectivity index (χ3n) is 3.67. The minimum absolute atomic E-state index is 0.0386. The molecule has 2 N–H and O–H groups in total. The zero-order chi connectivity index (χ0) is 19.4. The van der Waals surface area contributed by atoms with Gasteiger partial charge in [0, 0.05) is 23.8 Å². The molecule has 1 amide bonds. The lowest BCUT2D eigenvalue weighted by atomic mass is 10.2. The van der Waals surface area contributed by atoms with Gasteiger partial charge < -0.3 is 10.6 Å². The van der Waals surface area contributed by atoms with E-state index in [9.17, 15) is 18.0 Å². The monoisotopic (exact) mass is 372 g/mol. The number of benzene rings is 2. The van der Waals surface area contributed by atoms with Crippen molar-refractivity contribution in [2.24, 2.45) is 0 Å². The minimum atomic E-state index is -4.48. The second-order valence-corrected chi connectivity index (χ2v) is 5.82. The predicted octanol–water partition coefficient (Wildman–Crippen LogP) is 4.80. The molecule has 0 radical (unpaired) electrons. The number of halogens is 3. The Balaban J connectivity index is 1.68. The van der Waals surface area contributed by atoms with Crippen LogP contribution >= 0.6 is 0 Å². The molecule has 0 fully saturated rings. The van der Waals surface area contributed by atoms with Crippen LogP contribution in [-0.4, -0.2) is 15.9 Å². The van der Waals surface area contributed by atoms with Gasteiger partial charge in [-0.1, -0.05) is 23.8 Å². The van der Waals surface area contributed by atoms with Gasteiger partial charge in [-0.15, -0.1) is 0 Å². The first kappa shape index (κ1) is 18.4. The molecule has 3 rings (SSSR count). The van der Waals surface area contributed by atoms with Crippen molar-refractivity contribution < 1.29 is 18.0 Å². The molecule has 0 atom stereocenters. The fourth-order valence-electron chi connectivity index (χ4n) is 2.25. The number of rotatable bonds is 4. The molecule has 5 nitrogen and oxygen atoms in total. The van der Waals surface area contributed by atoms with Crippen molar-refractivity contribution in [3.63, 3.8) is 0 Å². The third-order valence-corrected chi connectivity index (χ3v) is 3.67. The summed E-state index contributed by atoms with van der Waals surface area (Å²) in [4.78, 5) is 20.3. The number of aromatic nitrogens is 2. The van der Waals surface area contributed by atoms with Gasteiger partial charge in [-0.25, -0.2) is 9.97 Å². The maximum absolute atomic E-state index is 12.7. The fraction of sp³-hybridized carbons (Fsp3) is 0.105. The molecule has 0 spiro atoms. The van der Waals surface area contributed by atoms with Crippen LogP contribution < -0.4 is 10.6 Å². The Labute approximate surface area is 153 Å². The van der Waals surface area contributed by atoms with Gasteiger partial charge in [0.15, 0.2) is 0 Å². The van der Waals surface area contributed by atoms with Crippen molar-refractivity contribution in [2.75, 3.05) is 10.6 Å². The molecule has 0 bridgehead atoms. The van der Waals surface area contributed by atoms with Crippen molar-refractivity contribution in [1.82, 2.24) is 9.97 Å². The van der Waals surface area contributed by atoms with E-state index in [4.69, 9.17) is 0 Å². The zero-order valence-corrected chi connectivity index (χ0v) is 14.2. The van der Waals surface area contributed by atoms with E-state index in [2.05, 4.69) is 20.6 Å². The van der Waals surface area contributed by atoms with Crippen molar-refractivity contribution in [1.29, 1.82) is 0 Å². The fourth-order valence-corrected chi connectivity index (χ4v) is 2.25. The molecular weight excluding hydrogens is 357 g/mol. The maximum atomic E-state index is 12.7. The van der Waals surface area contributed by atoms with Crippen LogP contribution in [-0.2, 0) is 6.18 Å². The summed E-state index contributed by atoms with van der Waals surface area (Å²) in [6.07, 6.45) is -1.88. The van der Waals surface area contributed by atoms with E-state index in [1.54, 1.807) is 0 Å². The summed E-state index contributed by atoms with van der Waals surface area (Å²) < 4.78 is 38.2. The van der Waals surface area contributed by atoms with E-state index in [0.29, 0.717) is 5.95 Å². The highest BCUT2D eigenvalue weighted by molar-refractivity contribution is 6.03. The Bertz CT molecular complexity index is 938. The number of nitrogens with zero attached hydrogens (tertiary/aromatic N) is 2. The summed E-state index contributed by atoms with van der Waals surface area (Å²) in [7, 11) is 0. The maximum Gasteiger partial charge on any atom is 0.416 e. The molecule has 1 aromatic heterocycles. The van der Waals surface area contributed by atoms with Crippen molar-refractivity contribution in [3.05, 3.63) is 77.6 Å². The second-order valence-electron chi connectivity index (χ2n) is 5.82. The number of carbonyl (C=O) groups excluding carboxylic acids is 1. The number of anilines is 3. The van der Waals surface area contributed by atoms with Gasteiger partial charge in [0.05, 0.1) is 11.1 Å². The molecule has 0 aliphatic carbocycles. The van der Waals surface area contributed by atoms with Crippen molar-refractivity contribution in [3.8, 4) is 0 Å². The van der Waals surface area contributed by atoms with Crippen LogP contribution in [0.2, 0.25) is 0 Å². The normalized spacial score (nSPS) is 11.1. The highest BCUT2D eigenvalue weighted by atomic mass is 19.4. The first-order chi connectivity index (χ1) is 12.8. The second kappa shape index (κ2) is 7.45. The van der Waals surface area contributed by atoms with Gasteiger partial charge in [0.1, 0.15) is 0 Å². The molecule has 0 saturated heterocycles. The number of alkyl halides is 3. The molecule has 138 valence electrons. The smallest absolute Gasteiger partial charge is 0.324 e. The standard InChI is InChI=1S/C19H15F3N4O/c1-12-5-7-15(8-6-12)26-18-23-10-13(11-24-18)17(27)25-16-4-2-3-14(9-16)19(20,21)22/h2-11H,1H3,(H,25,27)(H,23,24,26). The summed E-state index contributed by atoms with van der Waals surface area (Å²) in [5, 5.41) is 5.40. The first-order valence-electron chi connectivity index (χ1n) is 7.95. The van der Waals surface area contributed by atoms with E-state index >= 15 is 0 Å². The molecule has 0 aliphatic rings. The predicted molar refractivity (Wildman–Crippen MR) is 95.9 cm³/mol. The molecule has 0 saturated carbocycles. The van der Waals surface area contributed by atoms with Gasteiger partial charge in [-0.2, -0.15) is 13.2 Å². The number of hydrogen-bond donors (Lipinski definition) is 2. The Morgan fingerprint density at radius 2 is 1.63 bits per heavy atom. The average molecular weight is 372 g/mol. The Kier molecular flexibility index (Phi) is 5.07. The number of hydrogen-bond acceptors (Lipinski definition) is 4. The van der Waals surface area contributed by atoms with E-state index in [1.807, 2.05) is 31.2 Å². The molecule has 2 aromatic carbocycles. The third kappa shape index (κ3) is 4.81. The number of amides is 1. The van der Waals surface area contributed by atoms with E-state index < -0.39 is 17.6 Å². The van der Waals surface area contributed by atoms with Gasteiger partial charge >= 0.3 is 6.18 Å². The van der Waals surface area contributed by atoms with Crippen LogP contribution in [0.1, 0.15) is 21.5 Å². The summed E-state index contributed by atoms with van der Waals surface area (Å²) >= 11 is 0. The van der Waals surface area contributed by atoms with Crippen LogP contribution in [0.4, 0.5) is 30.5 Å². The molecule has 0 aliphatic heterocycles. The highest BCUT2D eigenvalue weighted by Gasteiger charge is 2.30. The summed E-state index contributed by atoms with van der Waals surface area (Å²) in [5.41, 5.74) is 1.23. The summed E-state index contributed by atoms with van der Waals surface area (Å²) in [6.45, 7) is 1.97. The van der Waals surface area contributed by atoms with Crippen LogP contribution in [0.5, 0.6) is 0 Å². The molecule has 0 unspecified atom stereocenters. The largest absolute Gasteiger partial charge is 0.416 e. The van der Waals surface area contributed by atoms with Gasteiger partial charge in [0.25, 0.3) is 5.91 Å². The van der Waals surface area contributed by atoms with Crippen LogP contribution in [0, 0.1) is 6.92 Å². The van der Waals surface area contributed by atoms with Crippen LogP contribution in [0.3, 0.4) is 0 Å². The van der Waals surface area contributed by atoms with Crippen LogP contribution in [0.25, 0.3) is 0 Å². The summed E-state index contributed by atoms with van der Waals surface area (Å²) in [5.74, 6) is -0.300. The van der Waals surface area contributed by atoms with E-state index in [0.717, 1.165) is 23.4 Å². The SMILES string of the molecule is Cc1ccc(Nc2ncc(C(=O)Nc3cccc(C(F)(F)F)c3)cn2)cc1. The number of carbonyl (C=O) groups is 1. The van der Waals surface area contributed by atoms with Crippen molar-refractivity contribution in [2.45, 2.75) is 13.1 Å². The molecule has 27 heavy (non-hydrogen) atoms. The van der Waals surface area contributed by atoms with Gasteiger partial charge in [-0.3, -0.25) is 4.79 Å². The topological polar surface area (TPSA) is 66.9 Å². The Hall–Kier alpha value is -3.42. The average Bonchev–Trinajstić information content (AvgIpc) is 2.64. The first-order valence-corrected chi connectivity index (χ1v) is 7.95. The zero-order valence-electron chi connectivity index (χ0n) is 14.2. The molecule has 3 aromatic rings. The lowest BCUT2D eigenvalue weighted by Gasteiger charge is -2.10. The molecule has 8 heteroatoms. The quantitative estimate of drug-likeness (QED) is 0.690. The van der Waals surface area contributed by atoms with Gasteiger partial charge in [-0.05, 0) is 37.3 Å². The highest BCUT2D eigenvalue weighted by Crippen LogP contribution is 2.30. The lowest BCUT2D eigenvalue weighted by molar-refractivity contribution is -0.137. The molecular formula is C19H15F3N4O. The Morgan fingerprint density at radius 3 is 2.26 bits per heavy atom. The van der Waals surface area contributed by atoms with Crippen LogP contribution in [0.15, 0.2) is 60.9 Å². The molecule has 1 heterocycles. The van der Waals surface area contributed by atoms with Crippen molar-refractivity contribution >= 4 is 23.2 Å². The Morgan fingerprint density at radius 1 is 0.963 bits per heavy atom. The van der Waals surface area contributed by atoms with E-state index in [1.165, 1.54) is 24.5 Å². The minimum Gasteiger partial charge on any atom is -0.324 e. The van der Waals surface area contributed by atoms with E-state index in [-0.39, 0.29) is 11.3 Å². The van der Waals surface area contributed by atoms with Gasteiger partial charge in [0.2, 0.25) is 5.95 Å².